The van der Waals surface area contributed by atoms with Gasteiger partial charge >= 0.3 is 0 Å². The summed E-state index contributed by atoms with van der Waals surface area (Å²) in [5.41, 5.74) is 0.191. The normalized spacial score (nSPS) is 12.8. The lowest BCUT2D eigenvalue weighted by Crippen LogP contribution is -2.50. The third kappa shape index (κ3) is 5.67. The minimum atomic E-state index is -0.709. The lowest BCUT2D eigenvalue weighted by atomic mass is 9.80. The van der Waals surface area contributed by atoms with Gasteiger partial charge in [-0.2, -0.15) is 0 Å². The SMILES string of the molecule is CC(C)(C)CC(P(c1ccccc1)c1ccccc1)(P(c1ccccc1)c1ccccc1)C(C)(C)C. The summed E-state index contributed by atoms with van der Waals surface area (Å²) in [7, 11) is -1.42. The van der Waals surface area contributed by atoms with Gasteiger partial charge in [0, 0.05) is 4.90 Å². The lowest BCUT2D eigenvalue weighted by molar-refractivity contribution is 0.259. The molecule has 4 aromatic rings. The standard InChI is InChI=1S/C34H40P2/c1-32(2,3)27-34(33(4,5)6,35(28-19-11-7-12-20-28)29-21-13-8-14-22-29)36(30-23-15-9-16-24-30)31-25-17-10-18-26-31/h7-26H,27H2,1-6H3. The molecule has 0 nitrogen and oxygen atoms in total. The molecule has 2 heteroatoms. The van der Waals surface area contributed by atoms with Gasteiger partial charge < -0.3 is 0 Å². The summed E-state index contributed by atoms with van der Waals surface area (Å²) < 4.78 is 0. The number of hydrogen-bond acceptors (Lipinski definition) is 0. The Morgan fingerprint density at radius 2 is 0.667 bits per heavy atom. The zero-order valence-electron chi connectivity index (χ0n) is 22.6. The van der Waals surface area contributed by atoms with Gasteiger partial charge in [0.2, 0.25) is 0 Å². The molecule has 0 spiro atoms. The van der Waals surface area contributed by atoms with Crippen molar-refractivity contribution in [1.29, 1.82) is 0 Å². The van der Waals surface area contributed by atoms with Crippen LogP contribution >= 0.6 is 15.8 Å². The van der Waals surface area contributed by atoms with Crippen molar-refractivity contribution in [2.24, 2.45) is 10.8 Å². The molecule has 36 heavy (non-hydrogen) atoms. The van der Waals surface area contributed by atoms with Crippen LogP contribution in [0, 0.1) is 10.8 Å². The molecule has 0 N–H and O–H groups in total. The fourth-order valence-corrected chi connectivity index (χ4v) is 14.4. The van der Waals surface area contributed by atoms with Crippen LogP contribution in [0.15, 0.2) is 121 Å². The molecule has 0 aliphatic heterocycles. The van der Waals surface area contributed by atoms with Gasteiger partial charge in [0.05, 0.1) is 0 Å². The first-order valence-electron chi connectivity index (χ1n) is 12.9. The van der Waals surface area contributed by atoms with Crippen molar-refractivity contribution in [3.8, 4) is 0 Å². The third-order valence-electron chi connectivity index (χ3n) is 6.78. The molecule has 0 heterocycles. The largest absolute Gasteiger partial charge is 0.0622 e. The molecule has 4 aromatic carbocycles. The number of hydrogen-bond donors (Lipinski definition) is 0. The summed E-state index contributed by atoms with van der Waals surface area (Å²) >= 11 is 0. The Labute approximate surface area is 221 Å². The number of benzene rings is 4. The first-order chi connectivity index (χ1) is 17.1. The average Bonchev–Trinajstić information content (AvgIpc) is 2.85. The molecular weight excluding hydrogens is 470 g/mol. The van der Waals surface area contributed by atoms with E-state index in [-0.39, 0.29) is 15.7 Å². The van der Waals surface area contributed by atoms with Crippen LogP contribution in [0.5, 0.6) is 0 Å². The third-order valence-corrected chi connectivity index (χ3v) is 14.4. The summed E-state index contributed by atoms with van der Waals surface area (Å²) in [4.78, 5) is 0.00132. The summed E-state index contributed by atoms with van der Waals surface area (Å²) in [6.07, 6.45) is 1.13. The van der Waals surface area contributed by atoms with E-state index in [1.807, 2.05) is 0 Å². The van der Waals surface area contributed by atoms with Crippen LogP contribution < -0.4 is 21.2 Å². The van der Waals surface area contributed by atoms with Crippen LogP contribution in [-0.4, -0.2) is 4.90 Å². The molecule has 0 fully saturated rings. The molecule has 0 radical (unpaired) electrons. The van der Waals surface area contributed by atoms with Crippen LogP contribution in [0.2, 0.25) is 0 Å². The maximum Gasteiger partial charge on any atom is 0.0320 e. The topological polar surface area (TPSA) is 0 Å². The summed E-state index contributed by atoms with van der Waals surface area (Å²) in [6, 6.07) is 45.5. The Bertz CT molecular complexity index is 1040. The Balaban J connectivity index is 2.16. The van der Waals surface area contributed by atoms with Crippen molar-refractivity contribution in [1.82, 2.24) is 0 Å². The lowest BCUT2D eigenvalue weighted by Gasteiger charge is -2.57. The minimum Gasteiger partial charge on any atom is -0.0622 e. The predicted molar refractivity (Wildman–Crippen MR) is 164 cm³/mol. The van der Waals surface area contributed by atoms with E-state index in [0.29, 0.717) is 0 Å². The molecule has 0 saturated heterocycles. The first kappa shape index (κ1) is 26.8. The van der Waals surface area contributed by atoms with Gasteiger partial charge in [-0.05, 0) is 54.3 Å². The zero-order chi connectivity index (χ0) is 25.8. The molecular formula is C34H40P2. The Morgan fingerprint density at radius 1 is 0.417 bits per heavy atom. The maximum atomic E-state index is 2.50. The molecule has 0 atom stereocenters. The second kappa shape index (κ2) is 11.0. The second-order valence-electron chi connectivity index (χ2n) is 11.8. The fourth-order valence-electron chi connectivity index (χ4n) is 5.39. The summed E-state index contributed by atoms with van der Waals surface area (Å²) in [5, 5.41) is 5.88. The van der Waals surface area contributed by atoms with Crippen molar-refractivity contribution < 1.29 is 0 Å². The van der Waals surface area contributed by atoms with Gasteiger partial charge in [0.1, 0.15) is 0 Å². The van der Waals surface area contributed by atoms with Crippen LogP contribution in [0.1, 0.15) is 48.0 Å². The van der Waals surface area contributed by atoms with Crippen LogP contribution in [0.25, 0.3) is 0 Å². The minimum absolute atomic E-state index is 0.00132. The molecule has 186 valence electrons. The van der Waals surface area contributed by atoms with E-state index in [1.165, 1.54) is 21.2 Å². The zero-order valence-corrected chi connectivity index (χ0v) is 24.4. The van der Waals surface area contributed by atoms with Crippen LogP contribution in [0.4, 0.5) is 0 Å². The summed E-state index contributed by atoms with van der Waals surface area (Å²) in [5.74, 6) is 0. The van der Waals surface area contributed by atoms with Gasteiger partial charge in [0.25, 0.3) is 0 Å². The Morgan fingerprint density at radius 3 is 0.861 bits per heavy atom. The monoisotopic (exact) mass is 510 g/mol. The van der Waals surface area contributed by atoms with E-state index < -0.39 is 15.8 Å². The van der Waals surface area contributed by atoms with Crippen molar-refractivity contribution in [2.45, 2.75) is 52.9 Å². The fraction of sp³-hybridized carbons (Fsp3) is 0.294. The highest BCUT2D eigenvalue weighted by Gasteiger charge is 2.56. The van der Waals surface area contributed by atoms with Gasteiger partial charge in [-0.25, -0.2) is 0 Å². The quantitative estimate of drug-likeness (QED) is 0.219. The Hall–Kier alpha value is -2.26. The maximum absolute atomic E-state index is 2.50. The van der Waals surface area contributed by atoms with Gasteiger partial charge in [-0.3, -0.25) is 0 Å². The average molecular weight is 511 g/mol. The molecule has 0 aromatic heterocycles. The van der Waals surface area contributed by atoms with E-state index in [4.69, 9.17) is 0 Å². The molecule has 0 bridgehead atoms. The van der Waals surface area contributed by atoms with E-state index in [2.05, 4.69) is 163 Å². The first-order valence-corrected chi connectivity index (χ1v) is 15.6. The van der Waals surface area contributed by atoms with Crippen LogP contribution in [-0.2, 0) is 0 Å². The Kier molecular flexibility index (Phi) is 8.19. The second-order valence-corrected chi connectivity index (χ2v) is 17.1. The molecule has 0 unspecified atom stereocenters. The molecule has 0 aliphatic rings. The van der Waals surface area contributed by atoms with Gasteiger partial charge in [-0.1, -0.05) is 163 Å². The van der Waals surface area contributed by atoms with Gasteiger partial charge in [-0.15, -0.1) is 0 Å². The number of rotatable bonds is 7. The van der Waals surface area contributed by atoms with Gasteiger partial charge in [0.15, 0.2) is 0 Å². The predicted octanol–water partition coefficient (Wildman–Crippen LogP) is 8.43. The van der Waals surface area contributed by atoms with E-state index in [9.17, 15) is 0 Å². The highest BCUT2D eigenvalue weighted by atomic mass is 31.2. The smallest absolute Gasteiger partial charge is 0.0320 e. The van der Waals surface area contributed by atoms with Crippen LogP contribution in [0.3, 0.4) is 0 Å². The van der Waals surface area contributed by atoms with E-state index >= 15 is 0 Å². The van der Waals surface area contributed by atoms with E-state index in [0.717, 1.165) is 6.42 Å². The van der Waals surface area contributed by atoms with Crippen molar-refractivity contribution in [3.63, 3.8) is 0 Å². The van der Waals surface area contributed by atoms with Crippen molar-refractivity contribution >= 4 is 37.1 Å². The molecule has 4 rings (SSSR count). The van der Waals surface area contributed by atoms with E-state index in [1.54, 1.807) is 0 Å². The highest BCUT2D eigenvalue weighted by molar-refractivity contribution is 7.91. The van der Waals surface area contributed by atoms with Crippen molar-refractivity contribution in [3.05, 3.63) is 121 Å². The molecule has 0 amide bonds. The van der Waals surface area contributed by atoms with Crippen molar-refractivity contribution in [2.75, 3.05) is 0 Å². The molecule has 0 saturated carbocycles. The highest BCUT2D eigenvalue weighted by Crippen LogP contribution is 2.74. The summed E-state index contributed by atoms with van der Waals surface area (Å²) in [6.45, 7) is 14.8. The molecule has 0 aliphatic carbocycles.